The molecule has 0 aromatic carbocycles. The van der Waals surface area contributed by atoms with Crippen molar-refractivity contribution in [1.29, 1.82) is 0 Å². The number of hydrogen-bond acceptors (Lipinski definition) is 3. The number of nitrogens with zero attached hydrogens (tertiary/aromatic N) is 1. The summed E-state index contributed by atoms with van der Waals surface area (Å²) in [5, 5.41) is 3.84. The Balaban J connectivity index is 1.88. The molecule has 1 aliphatic carbocycles. The van der Waals surface area contributed by atoms with E-state index in [0.717, 1.165) is 12.6 Å². The number of methoxy groups -OCH3 is 1. The van der Waals surface area contributed by atoms with Crippen molar-refractivity contribution in [2.45, 2.75) is 57.0 Å². The lowest BCUT2D eigenvalue weighted by molar-refractivity contribution is 0.0686. The van der Waals surface area contributed by atoms with Crippen molar-refractivity contribution in [3.63, 3.8) is 0 Å². The Morgan fingerprint density at radius 2 is 2.12 bits per heavy atom. The van der Waals surface area contributed by atoms with Gasteiger partial charge in [0.25, 0.3) is 0 Å². The van der Waals surface area contributed by atoms with Gasteiger partial charge in [-0.15, -0.1) is 0 Å². The van der Waals surface area contributed by atoms with E-state index in [-0.39, 0.29) is 0 Å². The van der Waals surface area contributed by atoms with Crippen LogP contribution < -0.4 is 5.32 Å². The lowest BCUT2D eigenvalue weighted by atomic mass is 9.91. The molecular formula is C14H28N2O. The Morgan fingerprint density at radius 3 is 2.76 bits per heavy atom. The first kappa shape index (κ1) is 13.3. The highest BCUT2D eigenvalue weighted by Crippen LogP contribution is 2.33. The molecule has 2 rings (SSSR count). The second-order valence-corrected chi connectivity index (χ2v) is 5.75. The van der Waals surface area contributed by atoms with Crippen molar-refractivity contribution < 1.29 is 4.74 Å². The average molecular weight is 240 g/mol. The number of ether oxygens (including phenoxy) is 1. The predicted octanol–water partition coefficient (Wildman–Crippen LogP) is 2.02. The van der Waals surface area contributed by atoms with Crippen molar-refractivity contribution in [3.05, 3.63) is 0 Å². The summed E-state index contributed by atoms with van der Waals surface area (Å²) < 4.78 is 5.18. The van der Waals surface area contributed by atoms with Gasteiger partial charge in [0, 0.05) is 44.9 Å². The Labute approximate surface area is 106 Å². The van der Waals surface area contributed by atoms with Gasteiger partial charge in [-0.05, 0) is 25.7 Å². The summed E-state index contributed by atoms with van der Waals surface area (Å²) in [6.45, 7) is 6.85. The molecule has 1 N–H and O–H groups in total. The lowest BCUT2D eigenvalue weighted by Crippen LogP contribution is -2.63. The number of nitrogens with one attached hydrogen (secondary N) is 1. The summed E-state index contributed by atoms with van der Waals surface area (Å²) in [4.78, 5) is 2.71. The minimum Gasteiger partial charge on any atom is -0.385 e. The van der Waals surface area contributed by atoms with Gasteiger partial charge in [-0.1, -0.05) is 19.8 Å². The summed E-state index contributed by atoms with van der Waals surface area (Å²) in [6, 6.07) is 0.734. The molecule has 1 saturated carbocycles. The smallest absolute Gasteiger partial charge is 0.0474 e. The van der Waals surface area contributed by atoms with Gasteiger partial charge in [0.2, 0.25) is 0 Å². The van der Waals surface area contributed by atoms with Crippen molar-refractivity contribution >= 4 is 0 Å². The van der Waals surface area contributed by atoms with Gasteiger partial charge in [-0.2, -0.15) is 0 Å². The fourth-order valence-corrected chi connectivity index (χ4v) is 3.50. The first-order chi connectivity index (χ1) is 8.29. The van der Waals surface area contributed by atoms with Gasteiger partial charge in [0.15, 0.2) is 0 Å². The Morgan fingerprint density at radius 1 is 1.35 bits per heavy atom. The third-order valence-electron chi connectivity index (χ3n) is 4.56. The molecule has 2 fully saturated rings. The molecule has 0 aromatic rings. The van der Waals surface area contributed by atoms with Crippen molar-refractivity contribution in [2.75, 3.05) is 33.4 Å². The molecule has 1 spiro atoms. The third kappa shape index (κ3) is 3.21. The topological polar surface area (TPSA) is 24.5 Å². The largest absolute Gasteiger partial charge is 0.385 e. The maximum absolute atomic E-state index is 5.18. The molecule has 1 saturated heterocycles. The maximum atomic E-state index is 5.18. The van der Waals surface area contributed by atoms with E-state index < -0.39 is 0 Å². The Kier molecular flexibility index (Phi) is 4.83. The zero-order valence-corrected chi connectivity index (χ0v) is 11.5. The molecule has 1 heterocycles. The molecule has 0 bridgehead atoms. The van der Waals surface area contributed by atoms with E-state index in [4.69, 9.17) is 4.74 Å². The van der Waals surface area contributed by atoms with E-state index in [1.54, 1.807) is 7.11 Å². The average Bonchev–Trinajstić information content (AvgIpc) is 2.78. The quantitative estimate of drug-likeness (QED) is 0.744. The molecule has 1 unspecified atom stereocenters. The van der Waals surface area contributed by atoms with Crippen LogP contribution in [0.3, 0.4) is 0 Å². The predicted molar refractivity (Wildman–Crippen MR) is 71.3 cm³/mol. The highest BCUT2D eigenvalue weighted by atomic mass is 16.5. The fraction of sp³-hybridized carbons (Fsp3) is 1.00. The third-order valence-corrected chi connectivity index (χ3v) is 4.56. The van der Waals surface area contributed by atoms with Gasteiger partial charge >= 0.3 is 0 Å². The van der Waals surface area contributed by atoms with E-state index in [9.17, 15) is 0 Å². The highest BCUT2D eigenvalue weighted by Gasteiger charge is 2.40. The first-order valence-electron chi connectivity index (χ1n) is 7.28. The molecule has 3 nitrogen and oxygen atoms in total. The van der Waals surface area contributed by atoms with Gasteiger partial charge in [0.05, 0.1) is 0 Å². The second kappa shape index (κ2) is 6.17. The van der Waals surface area contributed by atoms with Crippen LogP contribution in [0.2, 0.25) is 0 Å². The van der Waals surface area contributed by atoms with Crippen LogP contribution in [0.1, 0.15) is 45.4 Å². The summed E-state index contributed by atoms with van der Waals surface area (Å²) in [5.41, 5.74) is 0.457. The van der Waals surface area contributed by atoms with Crippen LogP contribution in [0.5, 0.6) is 0 Å². The second-order valence-electron chi connectivity index (χ2n) is 5.75. The molecule has 1 aliphatic heterocycles. The van der Waals surface area contributed by atoms with Crippen molar-refractivity contribution in [2.24, 2.45) is 0 Å². The van der Waals surface area contributed by atoms with Crippen LogP contribution >= 0.6 is 0 Å². The molecule has 0 amide bonds. The molecule has 0 aromatic heterocycles. The lowest BCUT2D eigenvalue weighted by Gasteiger charge is -2.46. The van der Waals surface area contributed by atoms with E-state index in [2.05, 4.69) is 17.1 Å². The van der Waals surface area contributed by atoms with E-state index in [1.165, 1.54) is 58.2 Å². The molecule has 3 heteroatoms. The van der Waals surface area contributed by atoms with Gasteiger partial charge in [0.1, 0.15) is 0 Å². The molecule has 100 valence electrons. The SMILES string of the molecule is CCC1CNC2(CCCC2)CN1CCCOC. The summed E-state index contributed by atoms with van der Waals surface area (Å²) in [6.07, 6.45) is 8.01. The zero-order chi connectivity index (χ0) is 12.1. The fourth-order valence-electron chi connectivity index (χ4n) is 3.50. The van der Waals surface area contributed by atoms with Crippen LogP contribution in [0.15, 0.2) is 0 Å². The zero-order valence-electron chi connectivity index (χ0n) is 11.5. The monoisotopic (exact) mass is 240 g/mol. The first-order valence-corrected chi connectivity index (χ1v) is 7.28. The highest BCUT2D eigenvalue weighted by molar-refractivity contribution is 5.00. The molecule has 17 heavy (non-hydrogen) atoms. The van der Waals surface area contributed by atoms with Gasteiger partial charge < -0.3 is 10.1 Å². The number of piperazine rings is 1. The van der Waals surface area contributed by atoms with E-state index >= 15 is 0 Å². The van der Waals surface area contributed by atoms with E-state index in [1.807, 2.05) is 0 Å². The standard InChI is InChI=1S/C14H28N2O/c1-3-13-11-15-14(7-4-5-8-14)12-16(13)9-6-10-17-2/h13,15H,3-12H2,1-2H3. The Hall–Kier alpha value is -0.120. The number of rotatable bonds is 5. The normalized spacial score (nSPS) is 28.9. The van der Waals surface area contributed by atoms with Crippen LogP contribution in [0, 0.1) is 0 Å². The van der Waals surface area contributed by atoms with Crippen LogP contribution in [0.4, 0.5) is 0 Å². The minimum atomic E-state index is 0.457. The maximum Gasteiger partial charge on any atom is 0.0474 e. The molecule has 2 aliphatic rings. The minimum absolute atomic E-state index is 0.457. The van der Waals surface area contributed by atoms with E-state index in [0.29, 0.717) is 5.54 Å². The van der Waals surface area contributed by atoms with Crippen molar-refractivity contribution in [1.82, 2.24) is 10.2 Å². The van der Waals surface area contributed by atoms with Crippen LogP contribution in [-0.4, -0.2) is 49.8 Å². The molecule has 0 radical (unpaired) electrons. The van der Waals surface area contributed by atoms with Crippen LogP contribution in [-0.2, 0) is 4.74 Å². The summed E-state index contributed by atoms with van der Waals surface area (Å²) in [5.74, 6) is 0. The van der Waals surface area contributed by atoms with Gasteiger partial charge in [-0.3, -0.25) is 4.90 Å². The van der Waals surface area contributed by atoms with Crippen LogP contribution in [0.25, 0.3) is 0 Å². The summed E-state index contributed by atoms with van der Waals surface area (Å²) >= 11 is 0. The van der Waals surface area contributed by atoms with Gasteiger partial charge in [-0.25, -0.2) is 0 Å². The summed E-state index contributed by atoms with van der Waals surface area (Å²) in [7, 11) is 1.80. The Bertz CT molecular complexity index is 226. The molecular weight excluding hydrogens is 212 g/mol. The van der Waals surface area contributed by atoms with Crippen molar-refractivity contribution in [3.8, 4) is 0 Å². The molecule has 1 atom stereocenters. The number of hydrogen-bond donors (Lipinski definition) is 1.